The van der Waals surface area contributed by atoms with Gasteiger partial charge in [-0.3, -0.25) is 4.79 Å². The van der Waals surface area contributed by atoms with Gasteiger partial charge in [0, 0.05) is 22.0 Å². The largest absolute Gasteiger partial charge is 0.321 e. The van der Waals surface area contributed by atoms with E-state index >= 15 is 0 Å². The first-order valence-electron chi connectivity index (χ1n) is 7.24. The maximum atomic E-state index is 12.5. The Balaban J connectivity index is 2.09. The number of aromatic amines is 1. The Morgan fingerprint density at radius 2 is 1.67 bits per heavy atom. The molecule has 3 aromatic rings. The summed E-state index contributed by atoms with van der Waals surface area (Å²) in [5, 5.41) is 10.4. The van der Waals surface area contributed by atoms with Crippen molar-refractivity contribution in [3.05, 3.63) is 91.7 Å². The molecule has 118 valence electrons. The number of hydrogen-bond acceptors (Lipinski definition) is 2. The molecule has 2 aromatic carbocycles. The third-order valence-electron chi connectivity index (χ3n) is 3.73. The quantitative estimate of drug-likeness (QED) is 0.733. The Morgan fingerprint density at radius 1 is 1.00 bits per heavy atom. The molecule has 0 radical (unpaired) electrons. The van der Waals surface area contributed by atoms with Crippen LogP contribution in [0.5, 0.6) is 0 Å². The number of nitrogens with zero attached hydrogens (tertiary/aromatic N) is 1. The summed E-state index contributed by atoms with van der Waals surface area (Å²) in [6, 6.07) is 18.2. The van der Waals surface area contributed by atoms with Crippen LogP contribution in [0.25, 0.3) is 11.3 Å². The third kappa shape index (κ3) is 3.21. The van der Waals surface area contributed by atoms with Gasteiger partial charge in [-0.1, -0.05) is 59.6 Å². The SMILES string of the molecule is N#Cc1cc(Cc2c(Cl)cccc2Cl)c(=O)[nH]c1-c1ccccc1. The van der Waals surface area contributed by atoms with E-state index in [-0.39, 0.29) is 12.0 Å². The molecule has 24 heavy (non-hydrogen) atoms. The number of rotatable bonds is 3. The summed E-state index contributed by atoms with van der Waals surface area (Å²) in [4.78, 5) is 15.3. The molecule has 0 spiro atoms. The second-order valence-electron chi connectivity index (χ2n) is 5.27. The highest BCUT2D eigenvalue weighted by atomic mass is 35.5. The van der Waals surface area contributed by atoms with Crippen LogP contribution >= 0.6 is 23.2 Å². The van der Waals surface area contributed by atoms with Gasteiger partial charge < -0.3 is 4.98 Å². The Morgan fingerprint density at radius 3 is 2.29 bits per heavy atom. The number of H-pyrrole nitrogens is 1. The molecule has 0 saturated carbocycles. The lowest BCUT2D eigenvalue weighted by atomic mass is 10.0. The molecule has 0 amide bonds. The summed E-state index contributed by atoms with van der Waals surface area (Å²) in [5.74, 6) is 0. The van der Waals surface area contributed by atoms with E-state index in [0.29, 0.717) is 32.4 Å². The molecule has 0 aliphatic heterocycles. The van der Waals surface area contributed by atoms with Gasteiger partial charge in [-0.25, -0.2) is 0 Å². The van der Waals surface area contributed by atoms with Gasteiger partial charge in [0.15, 0.2) is 0 Å². The molecule has 0 aliphatic rings. The highest BCUT2D eigenvalue weighted by Crippen LogP contribution is 2.27. The van der Waals surface area contributed by atoms with E-state index in [1.54, 1.807) is 24.3 Å². The van der Waals surface area contributed by atoms with E-state index in [9.17, 15) is 10.1 Å². The number of halogens is 2. The summed E-state index contributed by atoms with van der Waals surface area (Å²) in [6.07, 6.45) is 0.261. The number of nitriles is 1. The van der Waals surface area contributed by atoms with E-state index in [2.05, 4.69) is 11.1 Å². The van der Waals surface area contributed by atoms with Crippen molar-refractivity contribution < 1.29 is 0 Å². The predicted octanol–water partition coefficient (Wildman–Crippen LogP) is 4.81. The fraction of sp³-hybridized carbons (Fsp3) is 0.0526. The first kappa shape index (κ1) is 16.3. The smallest absolute Gasteiger partial charge is 0.252 e. The number of nitrogens with one attached hydrogen (secondary N) is 1. The van der Waals surface area contributed by atoms with Crippen molar-refractivity contribution in [2.45, 2.75) is 6.42 Å². The maximum Gasteiger partial charge on any atom is 0.252 e. The zero-order chi connectivity index (χ0) is 17.1. The highest BCUT2D eigenvalue weighted by Gasteiger charge is 2.13. The van der Waals surface area contributed by atoms with Crippen molar-refractivity contribution in [1.29, 1.82) is 5.26 Å². The van der Waals surface area contributed by atoms with Crippen LogP contribution in [0, 0.1) is 11.3 Å². The molecular formula is C19H12Cl2N2O. The monoisotopic (exact) mass is 354 g/mol. The van der Waals surface area contributed by atoms with Crippen molar-refractivity contribution in [2.24, 2.45) is 0 Å². The summed E-state index contributed by atoms with van der Waals surface area (Å²) >= 11 is 12.3. The minimum absolute atomic E-state index is 0.260. The van der Waals surface area contributed by atoms with Crippen molar-refractivity contribution >= 4 is 23.2 Å². The molecule has 0 unspecified atom stereocenters. The molecule has 0 fully saturated rings. The predicted molar refractivity (Wildman–Crippen MR) is 96.5 cm³/mol. The van der Waals surface area contributed by atoms with Crippen LogP contribution in [0.1, 0.15) is 16.7 Å². The average Bonchev–Trinajstić information content (AvgIpc) is 2.60. The van der Waals surface area contributed by atoms with Gasteiger partial charge in [0.2, 0.25) is 0 Å². The Bertz CT molecular complexity index is 968. The van der Waals surface area contributed by atoms with Crippen LogP contribution < -0.4 is 5.56 Å². The van der Waals surface area contributed by atoms with Crippen LogP contribution in [-0.2, 0) is 6.42 Å². The average molecular weight is 355 g/mol. The van der Waals surface area contributed by atoms with Gasteiger partial charge in [0.1, 0.15) is 6.07 Å². The molecule has 3 rings (SSSR count). The van der Waals surface area contributed by atoms with Crippen molar-refractivity contribution in [3.8, 4) is 17.3 Å². The molecule has 1 N–H and O–H groups in total. The van der Waals surface area contributed by atoms with E-state index in [0.717, 1.165) is 5.56 Å². The molecule has 0 atom stereocenters. The lowest BCUT2D eigenvalue weighted by Crippen LogP contribution is -2.15. The second-order valence-corrected chi connectivity index (χ2v) is 6.08. The molecule has 3 nitrogen and oxygen atoms in total. The molecule has 0 aliphatic carbocycles. The molecule has 0 saturated heterocycles. The topological polar surface area (TPSA) is 56.6 Å². The van der Waals surface area contributed by atoms with Crippen LogP contribution in [0.15, 0.2) is 59.4 Å². The molecule has 1 heterocycles. The first-order chi connectivity index (χ1) is 11.6. The van der Waals surface area contributed by atoms with E-state index < -0.39 is 0 Å². The van der Waals surface area contributed by atoms with Crippen LogP contribution in [0.4, 0.5) is 0 Å². The van der Waals surface area contributed by atoms with Crippen molar-refractivity contribution in [2.75, 3.05) is 0 Å². The zero-order valence-corrected chi connectivity index (χ0v) is 14.0. The minimum Gasteiger partial charge on any atom is -0.321 e. The number of aromatic nitrogens is 1. The number of hydrogen-bond donors (Lipinski definition) is 1. The molecular weight excluding hydrogens is 343 g/mol. The summed E-state index contributed by atoms with van der Waals surface area (Å²) < 4.78 is 0. The molecule has 1 aromatic heterocycles. The zero-order valence-electron chi connectivity index (χ0n) is 12.5. The van der Waals surface area contributed by atoms with Gasteiger partial charge in [-0.15, -0.1) is 0 Å². The third-order valence-corrected chi connectivity index (χ3v) is 4.44. The van der Waals surface area contributed by atoms with Crippen molar-refractivity contribution in [1.82, 2.24) is 4.98 Å². The summed E-state index contributed by atoms with van der Waals surface area (Å²) in [5.41, 5.74) is 2.55. The molecule has 5 heteroatoms. The molecule has 0 bridgehead atoms. The van der Waals surface area contributed by atoms with E-state index in [1.807, 2.05) is 30.3 Å². The Hall–Kier alpha value is -2.54. The van der Waals surface area contributed by atoms with E-state index in [4.69, 9.17) is 23.2 Å². The van der Waals surface area contributed by atoms with Gasteiger partial charge in [0.25, 0.3) is 5.56 Å². The van der Waals surface area contributed by atoms with Gasteiger partial charge >= 0.3 is 0 Å². The first-order valence-corrected chi connectivity index (χ1v) is 8.00. The fourth-order valence-electron chi connectivity index (χ4n) is 2.52. The summed E-state index contributed by atoms with van der Waals surface area (Å²) in [7, 11) is 0. The van der Waals surface area contributed by atoms with Crippen LogP contribution in [-0.4, -0.2) is 4.98 Å². The lowest BCUT2D eigenvalue weighted by Gasteiger charge is -2.09. The second kappa shape index (κ2) is 6.92. The van der Waals surface area contributed by atoms with Crippen molar-refractivity contribution in [3.63, 3.8) is 0 Å². The van der Waals surface area contributed by atoms with Gasteiger partial charge in [-0.05, 0) is 29.3 Å². The Kier molecular flexibility index (Phi) is 4.71. The van der Waals surface area contributed by atoms with Gasteiger partial charge in [0.05, 0.1) is 11.3 Å². The highest BCUT2D eigenvalue weighted by molar-refractivity contribution is 6.36. The van der Waals surface area contributed by atoms with Crippen LogP contribution in [0.2, 0.25) is 10.0 Å². The lowest BCUT2D eigenvalue weighted by molar-refractivity contribution is 1.09. The minimum atomic E-state index is -0.260. The number of pyridine rings is 1. The fourth-order valence-corrected chi connectivity index (χ4v) is 3.05. The van der Waals surface area contributed by atoms with Crippen LogP contribution in [0.3, 0.4) is 0 Å². The Labute approximate surface area is 149 Å². The standard InChI is InChI=1S/C19H12Cl2N2O/c20-16-7-4-8-17(21)15(16)10-13-9-14(11-22)18(23-19(13)24)12-5-2-1-3-6-12/h1-9H,10H2,(H,23,24). The number of benzene rings is 2. The summed E-state index contributed by atoms with van der Waals surface area (Å²) in [6.45, 7) is 0. The van der Waals surface area contributed by atoms with E-state index in [1.165, 1.54) is 0 Å². The normalized spacial score (nSPS) is 10.4. The van der Waals surface area contributed by atoms with Gasteiger partial charge in [-0.2, -0.15) is 5.26 Å². The maximum absolute atomic E-state index is 12.5.